The normalized spacial score (nSPS) is 26.2. The van der Waals surface area contributed by atoms with E-state index in [1.165, 1.54) is 5.56 Å². The van der Waals surface area contributed by atoms with Crippen molar-refractivity contribution in [2.45, 2.75) is 32.2 Å². The molecule has 0 amide bonds. The number of carbonyl (C=O) groups is 1. The molecule has 1 fully saturated rings. The first-order chi connectivity index (χ1) is 11.1. The molecule has 2 aliphatic heterocycles. The van der Waals surface area contributed by atoms with Crippen LogP contribution in [0.2, 0.25) is 0 Å². The van der Waals surface area contributed by atoms with Crippen LogP contribution >= 0.6 is 0 Å². The lowest BCUT2D eigenvalue weighted by Gasteiger charge is -2.42. The Bertz CT molecular complexity index is 642. The Hall–Kier alpha value is -2.01. The highest BCUT2D eigenvalue weighted by Gasteiger charge is 2.59. The van der Waals surface area contributed by atoms with Gasteiger partial charge in [-0.15, -0.1) is 5.06 Å². The fraction of sp³-hybridized carbons (Fsp3) is 0.500. The lowest BCUT2D eigenvalue weighted by atomic mass is 9.71. The number of hydrogen-bond acceptors (Lipinski definition) is 5. The summed E-state index contributed by atoms with van der Waals surface area (Å²) < 4.78 is 10.6. The van der Waals surface area contributed by atoms with Gasteiger partial charge in [-0.3, -0.25) is 4.79 Å². The molecule has 2 aliphatic rings. The highest BCUT2D eigenvalue weighted by molar-refractivity contribution is 5.78. The van der Waals surface area contributed by atoms with Crippen LogP contribution in [0, 0.1) is 5.92 Å². The van der Waals surface area contributed by atoms with Crippen LogP contribution in [0.4, 0.5) is 0 Å². The van der Waals surface area contributed by atoms with Gasteiger partial charge in [-0.05, 0) is 43.0 Å². The summed E-state index contributed by atoms with van der Waals surface area (Å²) in [6.07, 6.45) is 1.58. The summed E-state index contributed by atoms with van der Waals surface area (Å²) >= 11 is 0. The van der Waals surface area contributed by atoms with E-state index in [0.717, 1.165) is 24.2 Å². The summed E-state index contributed by atoms with van der Waals surface area (Å²) in [7, 11) is 1.66. The number of esters is 1. The predicted octanol–water partition coefficient (Wildman–Crippen LogP) is 2.80. The minimum atomic E-state index is -0.552. The smallest absolute Gasteiger partial charge is 0.319 e. The van der Waals surface area contributed by atoms with Crippen LogP contribution in [-0.4, -0.2) is 31.3 Å². The van der Waals surface area contributed by atoms with Crippen molar-refractivity contribution >= 4 is 5.97 Å². The van der Waals surface area contributed by atoms with Crippen molar-refractivity contribution in [1.29, 1.82) is 0 Å². The van der Waals surface area contributed by atoms with Gasteiger partial charge in [0.2, 0.25) is 0 Å². The molecule has 1 aromatic rings. The van der Waals surface area contributed by atoms with E-state index in [-0.39, 0.29) is 5.97 Å². The summed E-state index contributed by atoms with van der Waals surface area (Å²) in [4.78, 5) is 18.5. The Balaban J connectivity index is 2.14. The molecule has 23 heavy (non-hydrogen) atoms. The molecule has 5 heteroatoms. The summed E-state index contributed by atoms with van der Waals surface area (Å²) in [5, 5.41) is 1.91. The van der Waals surface area contributed by atoms with E-state index >= 15 is 0 Å². The highest BCUT2D eigenvalue weighted by atomic mass is 16.7. The van der Waals surface area contributed by atoms with E-state index in [4.69, 9.17) is 14.3 Å². The average Bonchev–Trinajstić information content (AvgIpc) is 2.86. The van der Waals surface area contributed by atoms with E-state index in [1.807, 2.05) is 30.2 Å². The van der Waals surface area contributed by atoms with Crippen LogP contribution in [0.5, 0.6) is 5.75 Å². The summed E-state index contributed by atoms with van der Waals surface area (Å²) in [6, 6.07) is 6.02. The number of carbonyl (C=O) groups excluding carboxylic acids is 1. The Labute approximate surface area is 136 Å². The third-order valence-corrected chi connectivity index (χ3v) is 4.90. The van der Waals surface area contributed by atoms with E-state index in [1.54, 1.807) is 7.11 Å². The zero-order valence-electron chi connectivity index (χ0n) is 13.9. The van der Waals surface area contributed by atoms with Gasteiger partial charge in [0.25, 0.3) is 0 Å². The molecule has 0 bridgehead atoms. The molecule has 1 aromatic carbocycles. The molecule has 2 heterocycles. The molecule has 2 unspecified atom stereocenters. The second-order valence-corrected chi connectivity index (χ2v) is 5.90. The van der Waals surface area contributed by atoms with Gasteiger partial charge in [0.05, 0.1) is 13.7 Å². The fourth-order valence-electron chi connectivity index (χ4n) is 3.89. The van der Waals surface area contributed by atoms with E-state index in [2.05, 4.69) is 13.5 Å². The van der Waals surface area contributed by atoms with Gasteiger partial charge in [0.1, 0.15) is 23.0 Å². The Morgan fingerprint density at radius 1 is 1.48 bits per heavy atom. The molecule has 0 radical (unpaired) electrons. The van der Waals surface area contributed by atoms with Crippen molar-refractivity contribution in [2.24, 2.45) is 5.92 Å². The van der Waals surface area contributed by atoms with Gasteiger partial charge >= 0.3 is 5.97 Å². The van der Waals surface area contributed by atoms with Crippen molar-refractivity contribution in [3.05, 3.63) is 41.7 Å². The van der Waals surface area contributed by atoms with Gasteiger partial charge in [0, 0.05) is 6.54 Å². The Kier molecular flexibility index (Phi) is 4.06. The monoisotopic (exact) mass is 317 g/mol. The van der Waals surface area contributed by atoms with Crippen molar-refractivity contribution in [2.75, 3.05) is 20.3 Å². The number of nitrogens with zero attached hydrogens (tertiary/aromatic N) is 1. The lowest BCUT2D eigenvalue weighted by Crippen LogP contribution is -2.51. The number of benzene rings is 1. The van der Waals surface area contributed by atoms with Crippen LogP contribution in [0.25, 0.3) is 0 Å². The van der Waals surface area contributed by atoms with Crippen molar-refractivity contribution < 1.29 is 19.1 Å². The van der Waals surface area contributed by atoms with Gasteiger partial charge in [-0.1, -0.05) is 19.6 Å². The number of ether oxygens (including phenoxy) is 2. The number of rotatable bonds is 4. The SMILES string of the molecule is C=C1ON2CCc3cc(OC)ccc3C2(CC)C1C(=O)OCC. The zero-order chi connectivity index (χ0) is 16.6. The van der Waals surface area contributed by atoms with Crippen molar-refractivity contribution in [3.8, 4) is 5.75 Å². The number of hydrogen-bond donors (Lipinski definition) is 0. The predicted molar refractivity (Wildman–Crippen MR) is 85.7 cm³/mol. The van der Waals surface area contributed by atoms with Crippen molar-refractivity contribution in [1.82, 2.24) is 5.06 Å². The largest absolute Gasteiger partial charge is 0.497 e. The summed E-state index contributed by atoms with van der Waals surface area (Å²) in [5.41, 5.74) is 1.74. The Morgan fingerprint density at radius 2 is 2.26 bits per heavy atom. The van der Waals surface area contributed by atoms with Gasteiger partial charge in [-0.2, -0.15) is 0 Å². The minimum Gasteiger partial charge on any atom is -0.497 e. The van der Waals surface area contributed by atoms with E-state index in [0.29, 0.717) is 18.9 Å². The first kappa shape index (κ1) is 15.9. The van der Waals surface area contributed by atoms with Gasteiger partial charge in [0.15, 0.2) is 0 Å². The second kappa shape index (κ2) is 5.89. The molecule has 1 saturated heterocycles. The van der Waals surface area contributed by atoms with Crippen LogP contribution in [0.3, 0.4) is 0 Å². The number of methoxy groups -OCH3 is 1. The quantitative estimate of drug-likeness (QED) is 0.799. The minimum absolute atomic E-state index is 0.273. The standard InChI is InChI=1S/C18H23NO4/c1-5-18-15-8-7-14(21-4)11-13(15)9-10-19(18)23-12(3)16(18)17(20)22-6-2/h7-8,11,16H,3,5-6,9-10H2,1-2,4H3. The topological polar surface area (TPSA) is 48.0 Å². The first-order valence-electron chi connectivity index (χ1n) is 8.06. The molecule has 124 valence electrons. The number of fused-ring (bicyclic) bond motifs is 3. The lowest BCUT2D eigenvalue weighted by molar-refractivity contribution is -0.166. The maximum atomic E-state index is 12.6. The average molecular weight is 317 g/mol. The molecule has 5 nitrogen and oxygen atoms in total. The molecule has 0 spiro atoms. The first-order valence-corrected chi connectivity index (χ1v) is 8.06. The molecule has 0 saturated carbocycles. The van der Waals surface area contributed by atoms with Gasteiger partial charge in [-0.25, -0.2) is 0 Å². The van der Waals surface area contributed by atoms with E-state index < -0.39 is 11.5 Å². The van der Waals surface area contributed by atoms with Gasteiger partial charge < -0.3 is 14.3 Å². The molecule has 0 aromatic heterocycles. The summed E-state index contributed by atoms with van der Waals surface area (Å²) in [6.45, 7) is 8.91. The molecular weight excluding hydrogens is 294 g/mol. The second-order valence-electron chi connectivity index (χ2n) is 5.90. The molecule has 3 rings (SSSR count). The third-order valence-electron chi connectivity index (χ3n) is 4.90. The molecule has 0 N–H and O–H groups in total. The maximum Gasteiger partial charge on any atom is 0.319 e. The van der Waals surface area contributed by atoms with Crippen LogP contribution in [-0.2, 0) is 26.3 Å². The van der Waals surface area contributed by atoms with Crippen LogP contribution in [0.15, 0.2) is 30.5 Å². The highest BCUT2D eigenvalue weighted by Crippen LogP contribution is 2.52. The Morgan fingerprint density at radius 3 is 2.91 bits per heavy atom. The molecule has 2 atom stereocenters. The molecule has 0 aliphatic carbocycles. The summed E-state index contributed by atoms with van der Waals surface area (Å²) in [5.74, 6) is 0.508. The fourth-order valence-corrected chi connectivity index (χ4v) is 3.89. The maximum absolute atomic E-state index is 12.6. The third kappa shape index (κ3) is 2.22. The number of hydroxylamine groups is 2. The zero-order valence-corrected chi connectivity index (χ0v) is 13.9. The van der Waals surface area contributed by atoms with Crippen LogP contribution in [0.1, 0.15) is 31.4 Å². The molecular formula is C18H23NO4. The van der Waals surface area contributed by atoms with E-state index in [9.17, 15) is 4.79 Å². The van der Waals surface area contributed by atoms with Crippen molar-refractivity contribution in [3.63, 3.8) is 0 Å². The van der Waals surface area contributed by atoms with Crippen LogP contribution < -0.4 is 4.74 Å².